The van der Waals surface area contributed by atoms with Gasteiger partial charge in [0.1, 0.15) is 6.61 Å². The number of aryl methyl sites for hydroxylation is 1. The predicted octanol–water partition coefficient (Wildman–Crippen LogP) is 3.61. The Labute approximate surface area is 136 Å². The van der Waals surface area contributed by atoms with E-state index in [1.807, 2.05) is 60.7 Å². The molecule has 2 unspecified atom stereocenters. The third-order valence-electron chi connectivity index (χ3n) is 3.31. The summed E-state index contributed by atoms with van der Waals surface area (Å²) in [4.78, 5) is 21.1. The van der Waals surface area contributed by atoms with Crippen molar-refractivity contribution in [2.75, 3.05) is 0 Å². The first-order valence-electron chi connectivity index (χ1n) is 7.31. The number of hydrogen-bond acceptors (Lipinski definition) is 3. The lowest BCUT2D eigenvalue weighted by Crippen LogP contribution is -2.33. The molecule has 2 rings (SSSR count). The zero-order valence-electron chi connectivity index (χ0n) is 12.6. The van der Waals surface area contributed by atoms with Crippen LogP contribution in [-0.4, -0.2) is 16.8 Å². The summed E-state index contributed by atoms with van der Waals surface area (Å²) >= 11 is 0. The molecule has 0 aliphatic rings. The summed E-state index contributed by atoms with van der Waals surface area (Å²) in [6, 6.07) is 18.9. The average Bonchev–Trinajstić information content (AvgIpc) is 2.58. The Hall–Kier alpha value is -2.23. The maximum atomic E-state index is 11.8. The average molecular weight is 332 g/mol. The molecule has 0 spiro atoms. The third kappa shape index (κ3) is 6.19. The van der Waals surface area contributed by atoms with Crippen LogP contribution in [0.1, 0.15) is 17.5 Å². The molecular weight excluding hydrogens is 313 g/mol. The van der Waals surface area contributed by atoms with Crippen LogP contribution in [0.15, 0.2) is 60.7 Å². The fraction of sp³-hybridized carbons (Fsp3) is 0.235. The highest BCUT2D eigenvalue weighted by Crippen LogP contribution is 2.24. The Kier molecular flexibility index (Phi) is 6.73. The van der Waals surface area contributed by atoms with Crippen LogP contribution in [0, 0.1) is 0 Å². The molecule has 0 fully saturated rings. The van der Waals surface area contributed by atoms with Crippen molar-refractivity contribution in [3.63, 3.8) is 0 Å². The third-order valence-corrected chi connectivity index (χ3v) is 4.23. The molecule has 0 aliphatic heterocycles. The van der Waals surface area contributed by atoms with Gasteiger partial charge in [0, 0.05) is 6.42 Å². The van der Waals surface area contributed by atoms with Gasteiger partial charge in [0.05, 0.1) is 0 Å². The molecule has 0 aromatic heterocycles. The highest BCUT2D eigenvalue weighted by Gasteiger charge is 2.30. The van der Waals surface area contributed by atoms with E-state index < -0.39 is 19.9 Å². The molecule has 0 heterocycles. The van der Waals surface area contributed by atoms with Crippen LogP contribution < -0.4 is 5.32 Å². The summed E-state index contributed by atoms with van der Waals surface area (Å²) in [7, 11) is -2.52. The lowest BCUT2D eigenvalue weighted by atomic mass is 10.1. The van der Waals surface area contributed by atoms with Crippen molar-refractivity contribution in [3.05, 3.63) is 71.8 Å². The van der Waals surface area contributed by atoms with Crippen molar-refractivity contribution >= 4 is 14.1 Å². The minimum atomic E-state index is -2.52. The molecule has 0 radical (unpaired) electrons. The minimum Gasteiger partial charge on any atom is -0.445 e. The summed E-state index contributed by atoms with van der Waals surface area (Å²) in [6.07, 6.45) is 0.284. The summed E-state index contributed by atoms with van der Waals surface area (Å²) in [5.74, 6) is -0.825. The maximum absolute atomic E-state index is 11.8. The van der Waals surface area contributed by atoms with Gasteiger partial charge in [-0.15, -0.1) is 0 Å². The first-order chi connectivity index (χ1) is 11.1. The van der Waals surface area contributed by atoms with E-state index in [1.54, 1.807) is 0 Å². The zero-order valence-corrected chi connectivity index (χ0v) is 13.5. The molecule has 6 heteroatoms. The van der Waals surface area contributed by atoms with E-state index in [0.29, 0.717) is 12.8 Å². The number of carbonyl (C=O) groups excluding carboxylic acids is 1. The van der Waals surface area contributed by atoms with Crippen LogP contribution in [0.2, 0.25) is 0 Å². The van der Waals surface area contributed by atoms with Gasteiger partial charge in [-0.3, -0.25) is 5.32 Å². The molecule has 120 valence electrons. The zero-order chi connectivity index (χ0) is 16.5. The van der Waals surface area contributed by atoms with Crippen LogP contribution in [0.5, 0.6) is 0 Å². The Morgan fingerprint density at radius 1 is 1.04 bits per heavy atom. The van der Waals surface area contributed by atoms with Crippen molar-refractivity contribution in [2.24, 2.45) is 0 Å². The van der Waals surface area contributed by atoms with Gasteiger partial charge < -0.3 is 4.74 Å². The summed E-state index contributed by atoms with van der Waals surface area (Å²) in [5, 5.41) is 2.46. The number of carbonyl (C=O) groups is 1. The number of alkyl carbamates (subject to hydrolysis) is 1. The molecule has 2 N–H and O–H groups in total. The fourth-order valence-electron chi connectivity index (χ4n) is 2.09. The molecule has 2 aromatic carbocycles. The van der Waals surface area contributed by atoms with Crippen LogP contribution in [-0.2, 0) is 22.3 Å². The van der Waals surface area contributed by atoms with Crippen molar-refractivity contribution in [2.45, 2.75) is 25.2 Å². The molecule has 23 heavy (non-hydrogen) atoms. The maximum Gasteiger partial charge on any atom is 0.530 e. The van der Waals surface area contributed by atoms with Gasteiger partial charge >= 0.3 is 14.1 Å². The van der Waals surface area contributed by atoms with Crippen LogP contribution in [0.25, 0.3) is 0 Å². The second-order valence-corrected chi connectivity index (χ2v) is 6.28. The second-order valence-electron chi connectivity index (χ2n) is 5.05. The number of amides is 1. The molecule has 0 aliphatic carbocycles. The summed E-state index contributed by atoms with van der Waals surface area (Å²) in [5.41, 5.74) is 1.91. The quantitative estimate of drug-likeness (QED) is 0.760. The van der Waals surface area contributed by atoms with E-state index in [-0.39, 0.29) is 6.61 Å². The van der Waals surface area contributed by atoms with Gasteiger partial charge in [-0.1, -0.05) is 60.7 Å². The van der Waals surface area contributed by atoms with Gasteiger partial charge in [0.25, 0.3) is 5.78 Å². The highest BCUT2D eigenvalue weighted by atomic mass is 31.1. The van der Waals surface area contributed by atoms with E-state index in [4.69, 9.17) is 4.74 Å². The summed E-state index contributed by atoms with van der Waals surface area (Å²) in [6.45, 7) is 0.125. The summed E-state index contributed by atoms with van der Waals surface area (Å²) < 4.78 is 16.5. The van der Waals surface area contributed by atoms with Crippen LogP contribution in [0.3, 0.4) is 0 Å². The second kappa shape index (κ2) is 9.03. The van der Waals surface area contributed by atoms with E-state index >= 15 is 0 Å². The predicted molar refractivity (Wildman–Crippen MR) is 88.1 cm³/mol. The van der Waals surface area contributed by atoms with E-state index in [2.05, 4.69) is 5.32 Å². The molecule has 2 aromatic rings. The number of ether oxygens (including phenoxy) is 1. The van der Waals surface area contributed by atoms with Gasteiger partial charge in [0.15, 0.2) is 0 Å². The molecule has 1 amide bonds. The van der Waals surface area contributed by atoms with E-state index in [9.17, 15) is 14.3 Å². The largest absolute Gasteiger partial charge is 0.530 e. The van der Waals surface area contributed by atoms with Crippen molar-refractivity contribution in [3.8, 4) is 0 Å². The highest BCUT2D eigenvalue weighted by molar-refractivity contribution is 7.38. The molecule has 0 saturated heterocycles. The van der Waals surface area contributed by atoms with Crippen molar-refractivity contribution in [1.29, 1.82) is 0 Å². The van der Waals surface area contributed by atoms with Crippen molar-refractivity contribution in [1.82, 2.24) is 5.32 Å². The molecule has 2 atom stereocenters. The van der Waals surface area contributed by atoms with Gasteiger partial charge in [-0.2, -0.15) is 4.89 Å². The smallest absolute Gasteiger partial charge is 0.445 e. The first-order valence-corrected chi connectivity index (χ1v) is 8.59. The topological polar surface area (TPSA) is 75.6 Å². The van der Waals surface area contributed by atoms with Crippen LogP contribution >= 0.6 is 8.03 Å². The lowest BCUT2D eigenvalue weighted by molar-refractivity contribution is 0.137. The number of nitrogens with one attached hydrogen (secondary N) is 1. The van der Waals surface area contributed by atoms with Crippen molar-refractivity contribution < 1.29 is 19.0 Å². The first kappa shape index (κ1) is 17.1. The lowest BCUT2D eigenvalue weighted by Gasteiger charge is -2.09. The number of hydrogen-bond donors (Lipinski definition) is 2. The Bertz CT molecular complexity index is 634. The van der Waals surface area contributed by atoms with E-state index in [1.165, 1.54) is 0 Å². The van der Waals surface area contributed by atoms with Gasteiger partial charge in [0.2, 0.25) is 0 Å². The standard InChI is InChI=1S/C17H18NO4P/c19-17(22-13-15-9-5-2-6-10-15)18-16(23(20)21)12-11-14-7-3-1-4-8-14/h1-10,16H,11-13H2,(H-,18,19,20,21)/p+1. The fourth-order valence-corrected chi connectivity index (χ4v) is 2.65. The normalized spacial score (nSPS) is 12.3. The van der Waals surface area contributed by atoms with Gasteiger partial charge in [-0.05, 0) is 22.1 Å². The Morgan fingerprint density at radius 2 is 1.61 bits per heavy atom. The Balaban J connectivity index is 1.81. The minimum absolute atomic E-state index is 0.125. The van der Waals surface area contributed by atoms with Gasteiger partial charge in [-0.25, -0.2) is 4.79 Å². The van der Waals surface area contributed by atoms with Crippen LogP contribution in [0.4, 0.5) is 4.79 Å². The molecule has 0 saturated carbocycles. The Morgan fingerprint density at radius 3 is 2.17 bits per heavy atom. The number of benzene rings is 2. The molecule has 0 bridgehead atoms. The number of rotatable bonds is 7. The molecular formula is C17H19NO4P+. The van der Waals surface area contributed by atoms with E-state index in [0.717, 1.165) is 11.1 Å². The monoisotopic (exact) mass is 332 g/mol. The SMILES string of the molecule is O=C(NC(CCc1ccccc1)[P+](=O)O)OCc1ccccc1. The molecule has 5 nitrogen and oxygen atoms in total.